The van der Waals surface area contributed by atoms with Crippen molar-refractivity contribution in [3.63, 3.8) is 0 Å². The topological polar surface area (TPSA) is 113 Å². The van der Waals surface area contributed by atoms with Gasteiger partial charge in [-0.2, -0.15) is 10.5 Å². The Balaban J connectivity index is 2.51. The summed E-state index contributed by atoms with van der Waals surface area (Å²) in [6.07, 6.45) is 1.37. The highest BCUT2D eigenvalue weighted by Crippen LogP contribution is 2.36. The van der Waals surface area contributed by atoms with Crippen LogP contribution in [-0.4, -0.2) is 9.91 Å². The minimum atomic E-state index is -0.632. The summed E-state index contributed by atoms with van der Waals surface area (Å²) < 4.78 is 5.83. The molecule has 102 valence electrons. The molecule has 0 unspecified atom stereocenters. The molecule has 7 nitrogen and oxygen atoms in total. The van der Waals surface area contributed by atoms with Crippen molar-refractivity contribution in [2.75, 3.05) is 0 Å². The second-order valence-corrected chi connectivity index (χ2v) is 4.93. The van der Waals surface area contributed by atoms with Gasteiger partial charge in [-0.05, 0) is 34.7 Å². The van der Waals surface area contributed by atoms with E-state index in [4.69, 9.17) is 15.3 Å². The number of aromatic nitrogens is 1. The number of nitriles is 2. The van der Waals surface area contributed by atoms with Gasteiger partial charge in [-0.3, -0.25) is 10.1 Å². The third kappa shape index (κ3) is 3.24. The lowest BCUT2D eigenvalue weighted by atomic mass is 10.2. The molecular weight excluding hydrogens is 387 g/mol. The van der Waals surface area contributed by atoms with Gasteiger partial charge in [0.25, 0.3) is 0 Å². The van der Waals surface area contributed by atoms with Crippen LogP contribution in [0.4, 0.5) is 5.69 Å². The number of halogens is 1. The zero-order valence-electron chi connectivity index (χ0n) is 10.3. The number of nitrogens with zero attached hydrogens (tertiary/aromatic N) is 4. The predicted molar refractivity (Wildman–Crippen MR) is 79.6 cm³/mol. The van der Waals surface area contributed by atoms with Crippen LogP contribution in [0.25, 0.3) is 0 Å². The summed E-state index contributed by atoms with van der Waals surface area (Å²) in [7, 11) is 0. The van der Waals surface area contributed by atoms with Gasteiger partial charge in [0.05, 0.1) is 31.8 Å². The monoisotopic (exact) mass is 392 g/mol. The van der Waals surface area contributed by atoms with E-state index in [1.54, 1.807) is 0 Å². The van der Waals surface area contributed by atoms with Crippen molar-refractivity contribution in [3.8, 4) is 23.8 Å². The van der Waals surface area contributed by atoms with Crippen molar-refractivity contribution in [2.24, 2.45) is 0 Å². The van der Waals surface area contributed by atoms with Crippen LogP contribution >= 0.6 is 22.6 Å². The Morgan fingerprint density at radius 3 is 2.57 bits per heavy atom. The third-order valence-electron chi connectivity index (χ3n) is 2.42. The van der Waals surface area contributed by atoms with Gasteiger partial charge < -0.3 is 4.74 Å². The number of hydrogen-bond donors (Lipinski definition) is 0. The van der Waals surface area contributed by atoms with Gasteiger partial charge in [0.15, 0.2) is 0 Å². The van der Waals surface area contributed by atoms with E-state index < -0.39 is 4.92 Å². The molecule has 21 heavy (non-hydrogen) atoms. The van der Waals surface area contributed by atoms with E-state index in [1.165, 1.54) is 24.4 Å². The largest absolute Gasteiger partial charge is 0.431 e. The number of nitro benzene ring substituents is 1. The molecule has 0 radical (unpaired) electrons. The van der Waals surface area contributed by atoms with Crippen LogP contribution < -0.4 is 4.74 Å². The van der Waals surface area contributed by atoms with Crippen LogP contribution in [-0.2, 0) is 0 Å². The van der Waals surface area contributed by atoms with Crippen LogP contribution in [0.15, 0.2) is 30.5 Å². The quantitative estimate of drug-likeness (QED) is 0.451. The maximum atomic E-state index is 11.1. The molecule has 0 aliphatic carbocycles. The Labute approximate surface area is 132 Å². The minimum Gasteiger partial charge on any atom is -0.431 e. The third-order valence-corrected chi connectivity index (χ3v) is 3.22. The van der Waals surface area contributed by atoms with Crippen LogP contribution in [0.2, 0.25) is 0 Å². The van der Waals surface area contributed by atoms with Crippen molar-refractivity contribution >= 4 is 28.3 Å². The SMILES string of the molecule is N#Cc1ccnc(Oc2c(I)cc(C#N)cc2[N+](=O)[O-])c1. The van der Waals surface area contributed by atoms with Gasteiger partial charge in [0, 0.05) is 18.3 Å². The molecule has 0 aliphatic heterocycles. The molecule has 2 aromatic rings. The van der Waals surface area contributed by atoms with Crippen LogP contribution in [0, 0.1) is 36.3 Å². The number of rotatable bonds is 3. The molecule has 8 heteroatoms. The first-order chi connectivity index (χ1) is 10.0. The first-order valence-corrected chi connectivity index (χ1v) is 6.55. The van der Waals surface area contributed by atoms with Gasteiger partial charge in [-0.25, -0.2) is 4.98 Å². The Hall–Kier alpha value is -2.72. The molecule has 0 N–H and O–H groups in total. The lowest BCUT2D eigenvalue weighted by Gasteiger charge is -2.08. The molecule has 1 aromatic heterocycles. The normalized spacial score (nSPS) is 9.48. The Bertz CT molecular complexity index is 808. The smallest absolute Gasteiger partial charge is 0.314 e. The fraction of sp³-hybridized carbons (Fsp3) is 0. The highest BCUT2D eigenvalue weighted by molar-refractivity contribution is 14.1. The predicted octanol–water partition coefficient (Wildman–Crippen LogP) is 3.13. The van der Waals surface area contributed by atoms with E-state index in [9.17, 15) is 10.1 Å². The van der Waals surface area contributed by atoms with Crippen LogP contribution in [0.3, 0.4) is 0 Å². The molecule has 0 spiro atoms. The highest BCUT2D eigenvalue weighted by Gasteiger charge is 2.21. The molecule has 1 heterocycles. The van der Waals surface area contributed by atoms with Crippen molar-refractivity contribution in [3.05, 3.63) is 55.3 Å². The van der Waals surface area contributed by atoms with E-state index in [-0.39, 0.29) is 22.9 Å². The van der Waals surface area contributed by atoms with Gasteiger partial charge >= 0.3 is 5.69 Å². The molecule has 2 rings (SSSR count). The van der Waals surface area contributed by atoms with Crippen molar-refractivity contribution in [2.45, 2.75) is 0 Å². The number of pyridine rings is 1. The van der Waals surface area contributed by atoms with E-state index in [0.29, 0.717) is 9.13 Å². The summed E-state index contributed by atoms with van der Waals surface area (Å²) in [5.41, 5.74) is 0.158. The average molecular weight is 392 g/mol. The first-order valence-electron chi connectivity index (χ1n) is 5.47. The van der Waals surface area contributed by atoms with Gasteiger partial charge in [-0.15, -0.1) is 0 Å². The Kier molecular flexibility index (Phi) is 4.30. The highest BCUT2D eigenvalue weighted by atomic mass is 127. The van der Waals surface area contributed by atoms with Gasteiger partial charge in [0.1, 0.15) is 0 Å². The maximum Gasteiger partial charge on any atom is 0.314 e. The number of nitro groups is 1. The second kappa shape index (κ2) is 6.15. The molecule has 0 aliphatic rings. The second-order valence-electron chi connectivity index (χ2n) is 3.77. The molecule has 0 saturated heterocycles. The lowest BCUT2D eigenvalue weighted by Crippen LogP contribution is -1.98. The average Bonchev–Trinajstić information content (AvgIpc) is 2.49. The molecule has 0 atom stereocenters. The number of benzene rings is 1. The summed E-state index contributed by atoms with van der Waals surface area (Å²) in [6.45, 7) is 0. The Morgan fingerprint density at radius 1 is 1.24 bits per heavy atom. The van der Waals surface area contributed by atoms with Crippen LogP contribution in [0.5, 0.6) is 11.6 Å². The van der Waals surface area contributed by atoms with E-state index >= 15 is 0 Å². The molecule has 0 saturated carbocycles. The standard InChI is InChI=1S/C13H5IN4O3/c14-10-3-9(7-16)4-11(18(19)20)13(10)21-12-5-8(6-15)1-2-17-12/h1-5H. The summed E-state index contributed by atoms with van der Waals surface area (Å²) >= 11 is 1.84. The van der Waals surface area contributed by atoms with Gasteiger partial charge in [0.2, 0.25) is 11.6 Å². The summed E-state index contributed by atoms with van der Waals surface area (Å²) in [4.78, 5) is 14.4. The number of ether oxygens (including phenoxy) is 1. The van der Waals surface area contributed by atoms with Crippen molar-refractivity contribution in [1.29, 1.82) is 10.5 Å². The minimum absolute atomic E-state index is 0.0119. The molecule has 1 aromatic carbocycles. The molecule has 0 fully saturated rings. The summed E-state index contributed by atoms with van der Waals surface area (Å²) in [6, 6.07) is 9.24. The van der Waals surface area contributed by atoms with E-state index in [2.05, 4.69) is 4.98 Å². The maximum absolute atomic E-state index is 11.1. The first kappa shape index (κ1) is 14.7. The summed E-state index contributed by atoms with van der Waals surface area (Å²) in [5.74, 6) is 0.0574. The van der Waals surface area contributed by atoms with Gasteiger partial charge in [-0.1, -0.05) is 0 Å². The van der Waals surface area contributed by atoms with Crippen LogP contribution in [0.1, 0.15) is 11.1 Å². The zero-order chi connectivity index (χ0) is 15.4. The van der Waals surface area contributed by atoms with E-state index in [0.717, 1.165) is 6.07 Å². The Morgan fingerprint density at radius 2 is 1.95 bits per heavy atom. The molecule has 0 bridgehead atoms. The zero-order valence-corrected chi connectivity index (χ0v) is 12.4. The lowest BCUT2D eigenvalue weighted by molar-refractivity contribution is -0.385. The van der Waals surface area contributed by atoms with E-state index in [1.807, 2.05) is 34.7 Å². The summed E-state index contributed by atoms with van der Waals surface area (Å²) in [5, 5.41) is 28.8. The van der Waals surface area contributed by atoms with Crippen molar-refractivity contribution < 1.29 is 9.66 Å². The molecular formula is C13H5IN4O3. The molecule has 0 amide bonds. The number of hydrogen-bond acceptors (Lipinski definition) is 6. The fourth-order valence-electron chi connectivity index (χ4n) is 1.52. The fourth-order valence-corrected chi connectivity index (χ4v) is 2.24. The van der Waals surface area contributed by atoms with Crippen molar-refractivity contribution in [1.82, 2.24) is 4.98 Å².